The summed E-state index contributed by atoms with van der Waals surface area (Å²) in [5.41, 5.74) is 6.01. The van der Waals surface area contributed by atoms with Crippen LogP contribution >= 0.6 is 11.8 Å². The number of alkyl carbamates (subject to hydrolysis) is 1. The Morgan fingerprint density at radius 3 is 2.33 bits per heavy atom. The van der Waals surface area contributed by atoms with Crippen LogP contribution in [0.5, 0.6) is 0 Å². The molecule has 1 aliphatic heterocycles. The van der Waals surface area contributed by atoms with Gasteiger partial charge >= 0.3 is 6.09 Å². The molecule has 0 aromatic heterocycles. The van der Waals surface area contributed by atoms with Crippen molar-refractivity contribution in [3.8, 4) is 0 Å². The minimum absolute atomic E-state index is 0.0851. The van der Waals surface area contributed by atoms with Gasteiger partial charge in [0.1, 0.15) is 12.1 Å². The molecule has 2 aliphatic carbocycles. The second kappa shape index (κ2) is 13.4. The van der Waals surface area contributed by atoms with E-state index in [4.69, 9.17) is 10.5 Å². The summed E-state index contributed by atoms with van der Waals surface area (Å²) in [5, 5.41) is 6.48. The molecule has 2 saturated carbocycles. The van der Waals surface area contributed by atoms with Crippen LogP contribution in [0.2, 0.25) is 0 Å². The first-order valence-electron chi connectivity index (χ1n) is 14.0. The van der Waals surface area contributed by atoms with Crippen molar-refractivity contribution in [3.05, 3.63) is 0 Å². The minimum Gasteiger partial charge on any atom is -0.449 e. The zero-order valence-corrected chi connectivity index (χ0v) is 23.5. The van der Waals surface area contributed by atoms with E-state index >= 15 is 0 Å². The molecule has 3 aliphatic rings. The zero-order valence-electron chi connectivity index (χ0n) is 22.7. The van der Waals surface area contributed by atoms with E-state index in [-0.39, 0.29) is 23.8 Å². The van der Waals surface area contributed by atoms with Gasteiger partial charge < -0.3 is 26.0 Å². The van der Waals surface area contributed by atoms with Crippen molar-refractivity contribution in [2.75, 3.05) is 19.7 Å². The van der Waals surface area contributed by atoms with Gasteiger partial charge in [0.25, 0.3) is 0 Å². The van der Waals surface area contributed by atoms with Crippen LogP contribution in [0, 0.1) is 11.8 Å². The minimum atomic E-state index is -0.768. The van der Waals surface area contributed by atoms with E-state index in [2.05, 4.69) is 10.6 Å². The number of likely N-dealkylation sites (tertiary alicyclic amines) is 1. The van der Waals surface area contributed by atoms with Crippen molar-refractivity contribution in [1.29, 1.82) is 0 Å². The highest BCUT2D eigenvalue weighted by Crippen LogP contribution is 2.40. The van der Waals surface area contributed by atoms with E-state index in [1.54, 1.807) is 16.7 Å². The lowest BCUT2D eigenvalue weighted by molar-refractivity contribution is -0.140. The van der Waals surface area contributed by atoms with E-state index in [9.17, 15) is 14.4 Å². The summed E-state index contributed by atoms with van der Waals surface area (Å²) in [5.74, 6) is 0.384. The van der Waals surface area contributed by atoms with Crippen molar-refractivity contribution in [1.82, 2.24) is 15.5 Å². The highest BCUT2D eigenvalue weighted by molar-refractivity contribution is 8.01. The van der Waals surface area contributed by atoms with E-state index in [0.717, 1.165) is 44.9 Å². The van der Waals surface area contributed by atoms with E-state index < -0.39 is 22.9 Å². The zero-order chi connectivity index (χ0) is 26.3. The summed E-state index contributed by atoms with van der Waals surface area (Å²) >= 11 is 1.78. The first-order chi connectivity index (χ1) is 17.1. The van der Waals surface area contributed by atoms with Crippen LogP contribution in [0.3, 0.4) is 0 Å². The molecule has 0 radical (unpaired) electrons. The normalized spacial score (nSPS) is 26.2. The Kier molecular flexibility index (Phi) is 10.8. The van der Waals surface area contributed by atoms with Crippen LogP contribution in [0.15, 0.2) is 0 Å². The number of nitrogens with one attached hydrogen (secondary N) is 2. The summed E-state index contributed by atoms with van der Waals surface area (Å²) in [6.07, 6.45) is 9.60. The molecule has 3 amide bonds. The maximum Gasteiger partial charge on any atom is 0.407 e. The first kappa shape index (κ1) is 29.1. The molecular formula is C27H48N4O4S. The van der Waals surface area contributed by atoms with Crippen LogP contribution < -0.4 is 16.4 Å². The smallest absolute Gasteiger partial charge is 0.407 e. The first-order valence-corrected chi connectivity index (χ1v) is 14.9. The third kappa shape index (κ3) is 8.27. The second-order valence-corrected chi connectivity index (χ2v) is 13.9. The molecular weight excluding hydrogens is 476 g/mol. The maximum atomic E-state index is 13.9. The van der Waals surface area contributed by atoms with Gasteiger partial charge in [0.15, 0.2) is 0 Å². The fourth-order valence-corrected chi connectivity index (χ4v) is 7.39. The molecule has 9 heteroatoms. The standard InChI is InChI=1S/C27H48N4O4S/c1-18(2)17-35-26(34)30-23(27(3,4)36-21-8-5-6-9-21)25(33)31-15-7-10-22(31)24(32)29-16-19-11-13-20(28)14-12-19/h18-23H,5-17,28H2,1-4H3,(H,29,32)(H,30,34)/t19-,20-,22-,23-/m0/s1. The SMILES string of the molecule is CC(C)COC(=O)N[C@@H](C(=O)N1CCC[C@H]1C(=O)NC[C@H]1CC[C@H](N)CC1)C(C)(C)SC1CCCC1. The highest BCUT2D eigenvalue weighted by Gasteiger charge is 2.45. The number of nitrogens with zero attached hydrogens (tertiary/aromatic N) is 1. The molecule has 0 bridgehead atoms. The summed E-state index contributed by atoms with van der Waals surface area (Å²) in [6, 6.07) is -0.982. The van der Waals surface area contributed by atoms with Crippen LogP contribution in [0.1, 0.15) is 91.9 Å². The van der Waals surface area contributed by atoms with Crippen LogP contribution in [0.25, 0.3) is 0 Å². The van der Waals surface area contributed by atoms with Gasteiger partial charge in [-0.2, -0.15) is 0 Å². The van der Waals surface area contributed by atoms with Gasteiger partial charge in [-0.1, -0.05) is 26.7 Å². The lowest BCUT2D eigenvalue weighted by Crippen LogP contribution is -2.60. The van der Waals surface area contributed by atoms with Crippen molar-refractivity contribution in [3.63, 3.8) is 0 Å². The molecule has 0 spiro atoms. The summed E-state index contributed by atoms with van der Waals surface area (Å²) in [6.45, 7) is 9.47. The quantitative estimate of drug-likeness (QED) is 0.400. The molecule has 0 unspecified atom stereocenters. The van der Waals surface area contributed by atoms with Gasteiger partial charge in [0.05, 0.1) is 6.61 Å². The topological polar surface area (TPSA) is 114 Å². The van der Waals surface area contributed by atoms with Crippen LogP contribution in [0.4, 0.5) is 4.79 Å². The number of ether oxygens (including phenoxy) is 1. The lowest BCUT2D eigenvalue weighted by Gasteiger charge is -2.38. The average Bonchev–Trinajstić information content (AvgIpc) is 3.52. The number of carbonyl (C=O) groups excluding carboxylic acids is 3. The number of hydrogen-bond donors (Lipinski definition) is 3. The number of rotatable bonds is 10. The Morgan fingerprint density at radius 1 is 1.03 bits per heavy atom. The number of carbonyl (C=O) groups is 3. The Labute approximate surface area is 221 Å². The Morgan fingerprint density at radius 2 is 1.69 bits per heavy atom. The summed E-state index contributed by atoms with van der Waals surface area (Å²) in [7, 11) is 0. The molecule has 1 saturated heterocycles. The molecule has 2 atom stereocenters. The maximum absolute atomic E-state index is 13.9. The average molecular weight is 525 g/mol. The van der Waals surface area contributed by atoms with Crippen LogP contribution in [-0.4, -0.2) is 70.6 Å². The van der Waals surface area contributed by atoms with E-state index in [0.29, 0.717) is 37.3 Å². The predicted octanol–water partition coefficient (Wildman–Crippen LogP) is 3.82. The molecule has 0 aromatic carbocycles. The molecule has 8 nitrogen and oxygen atoms in total. The number of amides is 3. The van der Waals surface area contributed by atoms with Gasteiger partial charge in [0, 0.05) is 29.1 Å². The van der Waals surface area contributed by atoms with Gasteiger partial charge in [-0.3, -0.25) is 9.59 Å². The summed E-state index contributed by atoms with van der Waals surface area (Å²) in [4.78, 5) is 41.5. The van der Waals surface area contributed by atoms with E-state index in [1.165, 1.54) is 12.8 Å². The van der Waals surface area contributed by atoms with E-state index in [1.807, 2.05) is 27.7 Å². The van der Waals surface area contributed by atoms with Crippen molar-refractivity contribution in [2.24, 2.45) is 17.6 Å². The molecule has 206 valence electrons. The van der Waals surface area contributed by atoms with Crippen molar-refractivity contribution in [2.45, 2.75) is 120 Å². The van der Waals surface area contributed by atoms with Crippen LogP contribution in [-0.2, 0) is 14.3 Å². The lowest BCUT2D eigenvalue weighted by atomic mass is 9.86. The third-order valence-corrected chi connectivity index (χ3v) is 9.47. The second-order valence-electron chi connectivity index (χ2n) is 11.9. The van der Waals surface area contributed by atoms with Gasteiger partial charge in [-0.25, -0.2) is 4.79 Å². The van der Waals surface area contributed by atoms with Gasteiger partial charge in [-0.15, -0.1) is 11.8 Å². The molecule has 36 heavy (non-hydrogen) atoms. The molecule has 4 N–H and O–H groups in total. The molecule has 0 aromatic rings. The number of thioether (sulfide) groups is 1. The van der Waals surface area contributed by atoms with Gasteiger partial charge in [0.2, 0.25) is 11.8 Å². The largest absolute Gasteiger partial charge is 0.449 e. The molecule has 3 fully saturated rings. The Hall–Kier alpha value is -1.48. The molecule has 3 rings (SSSR count). The summed E-state index contributed by atoms with van der Waals surface area (Å²) < 4.78 is 4.85. The monoisotopic (exact) mass is 524 g/mol. The molecule has 1 heterocycles. The number of nitrogens with two attached hydrogens (primary N) is 1. The van der Waals surface area contributed by atoms with Gasteiger partial charge in [-0.05, 0) is 77.0 Å². The fraction of sp³-hybridized carbons (Fsp3) is 0.889. The van der Waals surface area contributed by atoms with Crippen molar-refractivity contribution < 1.29 is 19.1 Å². The fourth-order valence-electron chi connectivity index (χ4n) is 5.66. The third-order valence-electron chi connectivity index (χ3n) is 7.82. The van der Waals surface area contributed by atoms with Crippen molar-refractivity contribution >= 4 is 29.7 Å². The Bertz CT molecular complexity index is 748. The highest BCUT2D eigenvalue weighted by atomic mass is 32.2. The number of hydrogen-bond acceptors (Lipinski definition) is 6. The predicted molar refractivity (Wildman–Crippen MR) is 145 cm³/mol. The Balaban J connectivity index is 1.67.